The van der Waals surface area contributed by atoms with E-state index in [0.717, 1.165) is 11.3 Å². The largest absolute Gasteiger partial charge is 0.468 e. The summed E-state index contributed by atoms with van der Waals surface area (Å²) < 4.78 is 56.9. The summed E-state index contributed by atoms with van der Waals surface area (Å²) in [7, 11) is -6.98. The number of rotatable bonds is 5. The van der Waals surface area contributed by atoms with Crippen LogP contribution in [0.15, 0.2) is 39.2 Å². The summed E-state index contributed by atoms with van der Waals surface area (Å²) in [5.41, 5.74) is 0. The lowest BCUT2D eigenvalue weighted by atomic mass is 10.2. The quantitative estimate of drug-likeness (QED) is 0.758. The monoisotopic (exact) mass is 409 g/mol. The number of sulfonamides is 1. The molecule has 0 aliphatic carbocycles. The lowest BCUT2D eigenvalue weighted by Crippen LogP contribution is -2.42. The SMILES string of the molecule is O=S(=O)(Cc1ccco1)C1CCN(S(=O)(=O)c2ccc(Cl)s2)CC1. The first-order chi connectivity index (χ1) is 11.3. The van der Waals surface area contributed by atoms with Crippen molar-refractivity contribution in [1.29, 1.82) is 0 Å². The molecule has 1 saturated heterocycles. The molecule has 2 aromatic heterocycles. The number of piperidine rings is 1. The topological polar surface area (TPSA) is 84.7 Å². The van der Waals surface area contributed by atoms with Crippen molar-refractivity contribution in [3.63, 3.8) is 0 Å². The van der Waals surface area contributed by atoms with Gasteiger partial charge in [-0.3, -0.25) is 0 Å². The van der Waals surface area contributed by atoms with Crippen LogP contribution >= 0.6 is 22.9 Å². The first-order valence-electron chi connectivity index (χ1n) is 7.28. The van der Waals surface area contributed by atoms with Gasteiger partial charge in [0.25, 0.3) is 10.0 Å². The Morgan fingerprint density at radius 2 is 1.88 bits per heavy atom. The summed E-state index contributed by atoms with van der Waals surface area (Å²) in [6, 6.07) is 6.28. The van der Waals surface area contributed by atoms with Crippen LogP contribution in [0.1, 0.15) is 18.6 Å². The van der Waals surface area contributed by atoms with Crippen LogP contribution in [0.5, 0.6) is 0 Å². The lowest BCUT2D eigenvalue weighted by molar-refractivity contribution is 0.346. The van der Waals surface area contributed by atoms with Crippen molar-refractivity contribution in [2.75, 3.05) is 13.1 Å². The fraction of sp³-hybridized carbons (Fsp3) is 0.429. The molecule has 1 aliphatic heterocycles. The standard InChI is InChI=1S/C14H16ClNO5S3/c15-13-3-4-14(22-13)24(19,20)16-7-5-12(6-8-16)23(17,18)10-11-2-1-9-21-11/h1-4,9,12H,5-8,10H2. The molecule has 3 rings (SSSR count). The summed E-state index contributed by atoms with van der Waals surface area (Å²) in [4.78, 5) is 0. The molecular weight excluding hydrogens is 394 g/mol. The molecule has 10 heteroatoms. The maximum absolute atomic E-state index is 12.5. The Kier molecular flexibility index (Phi) is 5.08. The van der Waals surface area contributed by atoms with E-state index >= 15 is 0 Å². The molecule has 0 saturated carbocycles. The van der Waals surface area contributed by atoms with Gasteiger partial charge in [-0.15, -0.1) is 11.3 Å². The van der Waals surface area contributed by atoms with Crippen LogP contribution in [0.2, 0.25) is 4.34 Å². The third-order valence-corrected chi connectivity index (χ3v) is 9.75. The zero-order chi connectivity index (χ0) is 17.4. The molecule has 2 aromatic rings. The van der Waals surface area contributed by atoms with Crippen LogP contribution in [0.3, 0.4) is 0 Å². The van der Waals surface area contributed by atoms with Crippen LogP contribution in [0, 0.1) is 0 Å². The van der Waals surface area contributed by atoms with E-state index in [2.05, 4.69) is 0 Å². The van der Waals surface area contributed by atoms with Gasteiger partial charge in [-0.1, -0.05) is 11.6 Å². The van der Waals surface area contributed by atoms with E-state index in [1.165, 1.54) is 16.6 Å². The molecule has 0 N–H and O–H groups in total. The molecule has 0 spiro atoms. The Bertz CT molecular complexity index is 894. The van der Waals surface area contributed by atoms with Gasteiger partial charge in [0.2, 0.25) is 0 Å². The summed E-state index contributed by atoms with van der Waals surface area (Å²) in [5.74, 6) is 0.246. The number of hydrogen-bond acceptors (Lipinski definition) is 6. The molecule has 24 heavy (non-hydrogen) atoms. The van der Waals surface area contributed by atoms with Gasteiger partial charge in [0.05, 0.1) is 15.8 Å². The second-order valence-electron chi connectivity index (χ2n) is 5.55. The highest BCUT2D eigenvalue weighted by atomic mass is 35.5. The number of furan rings is 1. The Balaban J connectivity index is 1.67. The highest BCUT2D eigenvalue weighted by molar-refractivity contribution is 7.91. The molecule has 0 atom stereocenters. The minimum absolute atomic E-state index is 0.155. The first-order valence-corrected chi connectivity index (χ1v) is 11.6. The fourth-order valence-electron chi connectivity index (χ4n) is 2.71. The summed E-state index contributed by atoms with van der Waals surface area (Å²) in [6.45, 7) is 0.361. The fourth-order valence-corrected chi connectivity index (χ4v) is 7.54. The first kappa shape index (κ1) is 17.9. The number of halogens is 1. The molecule has 1 fully saturated rings. The maximum atomic E-state index is 12.5. The maximum Gasteiger partial charge on any atom is 0.252 e. The Hall–Kier alpha value is -0.870. The van der Waals surface area contributed by atoms with Crippen LogP contribution in [-0.2, 0) is 25.6 Å². The smallest absolute Gasteiger partial charge is 0.252 e. The van der Waals surface area contributed by atoms with Gasteiger partial charge in [-0.05, 0) is 37.1 Å². The van der Waals surface area contributed by atoms with Crippen LogP contribution in [0.4, 0.5) is 0 Å². The second-order valence-corrected chi connectivity index (χ2v) is 11.7. The van der Waals surface area contributed by atoms with Crippen molar-refractivity contribution in [1.82, 2.24) is 4.31 Å². The average Bonchev–Trinajstić information content (AvgIpc) is 3.19. The molecule has 132 valence electrons. The molecule has 0 radical (unpaired) electrons. The van der Waals surface area contributed by atoms with E-state index in [-0.39, 0.29) is 35.9 Å². The van der Waals surface area contributed by atoms with Crippen LogP contribution in [-0.4, -0.2) is 39.5 Å². The number of nitrogens with zero attached hydrogens (tertiary/aromatic N) is 1. The van der Waals surface area contributed by atoms with Crippen molar-refractivity contribution in [2.24, 2.45) is 0 Å². The van der Waals surface area contributed by atoms with Gasteiger partial charge in [-0.2, -0.15) is 4.31 Å². The van der Waals surface area contributed by atoms with Gasteiger partial charge in [0.1, 0.15) is 15.7 Å². The molecule has 0 amide bonds. The second kappa shape index (κ2) is 6.80. The average molecular weight is 410 g/mol. The predicted octanol–water partition coefficient (Wildman–Crippen LogP) is 2.76. The number of sulfone groups is 1. The Morgan fingerprint density at radius 1 is 1.17 bits per heavy atom. The van der Waals surface area contributed by atoms with E-state index < -0.39 is 25.1 Å². The molecule has 0 bridgehead atoms. The zero-order valence-corrected chi connectivity index (χ0v) is 15.8. The number of thiophene rings is 1. The zero-order valence-electron chi connectivity index (χ0n) is 12.6. The minimum Gasteiger partial charge on any atom is -0.468 e. The molecule has 0 unspecified atom stereocenters. The molecule has 0 aromatic carbocycles. The lowest BCUT2D eigenvalue weighted by Gasteiger charge is -2.30. The van der Waals surface area contributed by atoms with E-state index in [1.54, 1.807) is 18.2 Å². The third kappa shape index (κ3) is 3.70. The minimum atomic E-state index is -3.61. The van der Waals surface area contributed by atoms with Crippen molar-refractivity contribution in [3.05, 3.63) is 40.6 Å². The van der Waals surface area contributed by atoms with Gasteiger partial charge in [-0.25, -0.2) is 16.8 Å². The van der Waals surface area contributed by atoms with Gasteiger partial charge in [0, 0.05) is 13.1 Å². The molecular formula is C14H16ClNO5S3. The molecule has 6 nitrogen and oxygen atoms in total. The van der Waals surface area contributed by atoms with Crippen molar-refractivity contribution in [2.45, 2.75) is 28.1 Å². The molecule has 1 aliphatic rings. The summed E-state index contributed by atoms with van der Waals surface area (Å²) >= 11 is 6.81. The van der Waals surface area contributed by atoms with Gasteiger partial charge in [0.15, 0.2) is 9.84 Å². The van der Waals surface area contributed by atoms with E-state index in [0.29, 0.717) is 10.1 Å². The van der Waals surface area contributed by atoms with E-state index in [1.807, 2.05) is 0 Å². The van der Waals surface area contributed by atoms with Crippen molar-refractivity contribution >= 4 is 42.8 Å². The highest BCUT2D eigenvalue weighted by Gasteiger charge is 2.35. The van der Waals surface area contributed by atoms with E-state index in [4.69, 9.17) is 16.0 Å². The Labute approximate surface area is 150 Å². The van der Waals surface area contributed by atoms with Gasteiger partial charge < -0.3 is 4.42 Å². The molecule has 3 heterocycles. The predicted molar refractivity (Wildman–Crippen MR) is 92.4 cm³/mol. The third-order valence-electron chi connectivity index (χ3n) is 3.98. The van der Waals surface area contributed by atoms with E-state index in [9.17, 15) is 16.8 Å². The number of hydrogen-bond donors (Lipinski definition) is 0. The van der Waals surface area contributed by atoms with Crippen molar-refractivity contribution in [3.8, 4) is 0 Å². The van der Waals surface area contributed by atoms with Crippen molar-refractivity contribution < 1.29 is 21.3 Å². The highest BCUT2D eigenvalue weighted by Crippen LogP contribution is 2.31. The van der Waals surface area contributed by atoms with Crippen LogP contribution in [0.25, 0.3) is 0 Å². The summed E-state index contributed by atoms with van der Waals surface area (Å²) in [6.07, 6.45) is 1.99. The summed E-state index contributed by atoms with van der Waals surface area (Å²) in [5, 5.41) is -0.555. The van der Waals surface area contributed by atoms with Gasteiger partial charge >= 0.3 is 0 Å². The normalized spacial score (nSPS) is 18.0. The van der Waals surface area contributed by atoms with Crippen LogP contribution < -0.4 is 0 Å². The Morgan fingerprint density at radius 3 is 2.42 bits per heavy atom.